The number of piperidine rings is 1. The quantitative estimate of drug-likeness (QED) is 0.302. The molecule has 0 bridgehead atoms. The van der Waals surface area contributed by atoms with Crippen molar-refractivity contribution in [1.29, 1.82) is 0 Å². The first-order valence-electron chi connectivity index (χ1n) is 12.5. The van der Waals surface area contributed by atoms with E-state index in [0.29, 0.717) is 46.8 Å². The zero-order chi connectivity index (χ0) is 28.6. The van der Waals surface area contributed by atoms with Crippen molar-refractivity contribution in [3.05, 3.63) is 71.2 Å². The number of hydrogen-bond acceptors (Lipinski definition) is 6. The third-order valence-corrected chi connectivity index (χ3v) is 6.36. The minimum atomic E-state index is -4.78. The highest BCUT2D eigenvalue weighted by Gasteiger charge is 2.44. The molecular weight excluding hydrogens is 518 g/mol. The van der Waals surface area contributed by atoms with E-state index in [0.717, 1.165) is 0 Å². The van der Waals surface area contributed by atoms with Gasteiger partial charge in [-0.1, -0.05) is 12.1 Å². The van der Waals surface area contributed by atoms with Gasteiger partial charge in [0, 0.05) is 30.4 Å². The van der Waals surface area contributed by atoms with Crippen LogP contribution in [0.15, 0.2) is 59.2 Å². The fourth-order valence-corrected chi connectivity index (χ4v) is 4.12. The lowest BCUT2D eigenvalue weighted by molar-refractivity contribution is -0.220. The van der Waals surface area contributed by atoms with Crippen LogP contribution in [0.5, 0.6) is 5.75 Å². The summed E-state index contributed by atoms with van der Waals surface area (Å²) in [5.74, 6) is 0.206. The van der Waals surface area contributed by atoms with Crippen molar-refractivity contribution in [2.24, 2.45) is 16.6 Å². The maximum Gasteiger partial charge on any atom is 0.427 e. The Morgan fingerprint density at radius 3 is 2.44 bits per heavy atom. The molecule has 0 spiro atoms. The van der Waals surface area contributed by atoms with Crippen molar-refractivity contribution >= 4 is 17.5 Å². The van der Waals surface area contributed by atoms with Crippen LogP contribution in [0.1, 0.15) is 30.9 Å². The number of carbonyl (C=O) groups excluding carboxylic acids is 1. The summed E-state index contributed by atoms with van der Waals surface area (Å²) in [6.45, 7) is 3.03. The van der Waals surface area contributed by atoms with E-state index in [1.165, 1.54) is 24.1 Å². The number of aliphatic imine (C=N–C) groups is 1. The molecule has 1 unspecified atom stereocenters. The van der Waals surface area contributed by atoms with Gasteiger partial charge >= 0.3 is 12.3 Å². The van der Waals surface area contributed by atoms with E-state index < -0.39 is 25.0 Å². The first-order valence-corrected chi connectivity index (χ1v) is 12.5. The number of nitrogens with two attached hydrogens (primary N) is 1. The molecule has 1 amide bonds. The van der Waals surface area contributed by atoms with Crippen LogP contribution in [0.4, 0.5) is 28.0 Å². The molecule has 212 valence electrons. The van der Waals surface area contributed by atoms with Gasteiger partial charge in [-0.25, -0.2) is 9.18 Å². The number of benzene rings is 2. The molecular formula is C28H33F4N3O4. The predicted octanol–water partition coefficient (Wildman–Crippen LogP) is 6.07. The topological polar surface area (TPSA) is 86.4 Å². The Hall–Kier alpha value is -3.60. The SMILES string of the molecule is COc1ccc(COCC(OC(=O)N2CCC(/C(N)=C/C(C)=Nc3ccc(F)cc3C)CC2)C(F)(F)F)cc1. The number of allylic oxidation sites excluding steroid dienone is 2. The van der Waals surface area contributed by atoms with Gasteiger partial charge in [-0.3, -0.25) is 4.99 Å². The van der Waals surface area contributed by atoms with Crippen LogP contribution in [-0.2, 0) is 16.1 Å². The highest BCUT2D eigenvalue weighted by Crippen LogP contribution is 2.27. The van der Waals surface area contributed by atoms with Crippen LogP contribution in [0.2, 0.25) is 0 Å². The van der Waals surface area contributed by atoms with Crippen molar-refractivity contribution in [3.63, 3.8) is 0 Å². The molecule has 39 heavy (non-hydrogen) atoms. The van der Waals surface area contributed by atoms with E-state index in [2.05, 4.69) is 4.99 Å². The molecule has 2 aromatic rings. The monoisotopic (exact) mass is 551 g/mol. The van der Waals surface area contributed by atoms with E-state index in [9.17, 15) is 22.4 Å². The average Bonchev–Trinajstić information content (AvgIpc) is 2.89. The Kier molecular flexibility index (Phi) is 10.3. The minimum Gasteiger partial charge on any atom is -0.497 e. The van der Waals surface area contributed by atoms with Crippen molar-refractivity contribution in [2.45, 2.75) is 45.6 Å². The van der Waals surface area contributed by atoms with Gasteiger partial charge in [0.05, 0.1) is 26.0 Å². The van der Waals surface area contributed by atoms with Gasteiger partial charge in [-0.15, -0.1) is 0 Å². The molecule has 7 nitrogen and oxygen atoms in total. The number of aryl methyl sites for hydroxylation is 1. The molecule has 3 rings (SSSR count). The molecule has 0 aliphatic carbocycles. The van der Waals surface area contributed by atoms with Crippen molar-refractivity contribution in [2.75, 3.05) is 26.8 Å². The number of ether oxygens (including phenoxy) is 3. The summed E-state index contributed by atoms with van der Waals surface area (Å²) in [7, 11) is 1.51. The molecule has 2 N–H and O–H groups in total. The molecule has 1 aliphatic rings. The number of alkyl halides is 3. The van der Waals surface area contributed by atoms with E-state index in [4.69, 9.17) is 19.9 Å². The highest BCUT2D eigenvalue weighted by atomic mass is 19.4. The Morgan fingerprint density at radius 2 is 1.85 bits per heavy atom. The molecule has 0 saturated carbocycles. The number of carbonyl (C=O) groups is 1. The van der Waals surface area contributed by atoms with Crippen molar-refractivity contribution in [3.8, 4) is 5.75 Å². The lowest BCUT2D eigenvalue weighted by Gasteiger charge is -2.33. The van der Waals surface area contributed by atoms with Crippen LogP contribution >= 0.6 is 0 Å². The highest BCUT2D eigenvalue weighted by molar-refractivity contribution is 5.95. The van der Waals surface area contributed by atoms with E-state index in [-0.39, 0.29) is 31.4 Å². The van der Waals surface area contributed by atoms with Gasteiger partial charge in [0.25, 0.3) is 0 Å². The molecule has 0 radical (unpaired) electrons. The fourth-order valence-electron chi connectivity index (χ4n) is 4.12. The smallest absolute Gasteiger partial charge is 0.427 e. The van der Waals surface area contributed by atoms with Crippen LogP contribution in [-0.4, -0.2) is 55.8 Å². The summed E-state index contributed by atoms with van der Waals surface area (Å²) in [5.41, 5.74) is 9.42. The van der Waals surface area contributed by atoms with Crippen LogP contribution in [0, 0.1) is 18.7 Å². The Bertz CT molecular complexity index is 1170. The van der Waals surface area contributed by atoms with Gasteiger partial charge in [-0.05, 0) is 74.2 Å². The van der Waals surface area contributed by atoms with Crippen LogP contribution < -0.4 is 10.5 Å². The molecule has 0 aromatic heterocycles. The van der Waals surface area contributed by atoms with Gasteiger partial charge in [0.2, 0.25) is 6.10 Å². The predicted molar refractivity (Wildman–Crippen MR) is 139 cm³/mol. The summed E-state index contributed by atoms with van der Waals surface area (Å²) in [6, 6.07) is 11.0. The molecule has 11 heteroatoms. The summed E-state index contributed by atoms with van der Waals surface area (Å²) >= 11 is 0. The summed E-state index contributed by atoms with van der Waals surface area (Å²) in [5, 5.41) is 0. The third-order valence-electron chi connectivity index (χ3n) is 6.36. The molecule has 1 aliphatic heterocycles. The number of nitrogens with zero attached hydrogens (tertiary/aromatic N) is 2. The summed E-state index contributed by atoms with van der Waals surface area (Å²) in [4.78, 5) is 18.2. The van der Waals surface area contributed by atoms with Crippen LogP contribution in [0.25, 0.3) is 0 Å². The van der Waals surface area contributed by atoms with Gasteiger partial charge in [0.15, 0.2) is 0 Å². The molecule has 1 atom stereocenters. The first kappa shape index (κ1) is 29.9. The summed E-state index contributed by atoms with van der Waals surface area (Å²) < 4.78 is 68.9. The number of methoxy groups -OCH3 is 1. The maximum absolute atomic E-state index is 13.5. The standard InChI is InChI=1S/C28H33F4N3O4/c1-18-14-22(29)6-9-25(18)34-19(2)15-24(33)21-10-12-35(13-11-21)27(36)39-26(28(30,31)32)17-38-16-20-4-7-23(37-3)8-5-20/h4-9,14-15,21,26H,10-13,16-17,33H2,1-3H3/b24-15-,34-19?. The molecule has 2 aromatic carbocycles. The molecule has 1 heterocycles. The minimum absolute atomic E-state index is 0.0697. The van der Waals surface area contributed by atoms with E-state index in [1.807, 2.05) is 0 Å². The number of hydrogen-bond donors (Lipinski definition) is 1. The van der Waals surface area contributed by atoms with Gasteiger partial charge in [-0.2, -0.15) is 13.2 Å². The fraction of sp³-hybridized carbons (Fsp3) is 0.429. The number of amides is 1. The van der Waals surface area contributed by atoms with E-state index >= 15 is 0 Å². The normalized spacial score (nSPS) is 16.2. The second kappa shape index (κ2) is 13.5. The number of rotatable bonds is 9. The summed E-state index contributed by atoms with van der Waals surface area (Å²) in [6.07, 6.45) is -5.56. The zero-order valence-electron chi connectivity index (χ0n) is 22.1. The lowest BCUT2D eigenvalue weighted by atomic mass is 9.93. The molecule has 1 saturated heterocycles. The maximum atomic E-state index is 13.5. The first-order chi connectivity index (χ1) is 18.5. The Morgan fingerprint density at radius 1 is 1.18 bits per heavy atom. The van der Waals surface area contributed by atoms with Gasteiger partial charge in [0.1, 0.15) is 11.6 Å². The van der Waals surface area contributed by atoms with Gasteiger partial charge < -0.3 is 24.8 Å². The number of halogens is 4. The Labute approximate surface area is 225 Å². The number of likely N-dealkylation sites (tertiary alicyclic amines) is 1. The molecule has 1 fully saturated rings. The largest absolute Gasteiger partial charge is 0.497 e. The van der Waals surface area contributed by atoms with Crippen molar-refractivity contribution in [1.82, 2.24) is 4.90 Å². The van der Waals surface area contributed by atoms with Crippen LogP contribution in [0.3, 0.4) is 0 Å². The third kappa shape index (κ3) is 8.98. The second-order valence-electron chi connectivity index (χ2n) is 9.37. The zero-order valence-corrected chi connectivity index (χ0v) is 22.1. The lowest BCUT2D eigenvalue weighted by Crippen LogP contribution is -2.45. The second-order valence-corrected chi connectivity index (χ2v) is 9.37. The van der Waals surface area contributed by atoms with E-state index in [1.54, 1.807) is 50.3 Å². The Balaban J connectivity index is 1.51. The average molecular weight is 552 g/mol. The van der Waals surface area contributed by atoms with Crippen molar-refractivity contribution < 1.29 is 36.6 Å².